The average molecular weight is 275 g/mol. The van der Waals surface area contributed by atoms with E-state index >= 15 is 0 Å². The molecule has 0 fully saturated rings. The molecule has 0 bridgehead atoms. The zero-order chi connectivity index (χ0) is 11.4. The van der Waals surface area contributed by atoms with E-state index in [1.807, 2.05) is 36.4 Å². The molecule has 0 radical (unpaired) electrons. The SMILES string of the molecule is O=Cc1ccccc1Cc1ccc(Br)cc1. The highest BCUT2D eigenvalue weighted by atomic mass is 79.9. The zero-order valence-corrected chi connectivity index (χ0v) is 10.3. The van der Waals surface area contributed by atoms with Crippen molar-refractivity contribution in [3.05, 3.63) is 69.7 Å². The van der Waals surface area contributed by atoms with Gasteiger partial charge >= 0.3 is 0 Å². The molecule has 0 atom stereocenters. The monoisotopic (exact) mass is 274 g/mol. The van der Waals surface area contributed by atoms with Gasteiger partial charge in [-0.2, -0.15) is 0 Å². The average Bonchev–Trinajstić information content (AvgIpc) is 2.33. The zero-order valence-electron chi connectivity index (χ0n) is 8.69. The van der Waals surface area contributed by atoms with Crippen molar-refractivity contribution < 1.29 is 4.79 Å². The summed E-state index contributed by atoms with van der Waals surface area (Å²) in [5, 5.41) is 0. The molecule has 0 aliphatic rings. The standard InChI is InChI=1S/C14H11BrO/c15-14-7-5-11(6-8-14)9-12-3-1-2-4-13(12)10-16/h1-8,10H,9H2. The van der Waals surface area contributed by atoms with Gasteiger partial charge in [-0.05, 0) is 29.7 Å². The van der Waals surface area contributed by atoms with Crippen molar-refractivity contribution in [2.24, 2.45) is 0 Å². The number of aldehydes is 1. The number of carbonyl (C=O) groups excluding carboxylic acids is 1. The van der Waals surface area contributed by atoms with Gasteiger partial charge in [0.2, 0.25) is 0 Å². The lowest BCUT2D eigenvalue weighted by atomic mass is 10.0. The number of carbonyl (C=O) groups is 1. The smallest absolute Gasteiger partial charge is 0.150 e. The topological polar surface area (TPSA) is 17.1 Å². The van der Waals surface area contributed by atoms with E-state index in [9.17, 15) is 4.79 Å². The molecule has 0 N–H and O–H groups in total. The second kappa shape index (κ2) is 5.08. The van der Waals surface area contributed by atoms with Gasteiger partial charge in [0.25, 0.3) is 0 Å². The minimum absolute atomic E-state index is 0.769. The third-order valence-corrected chi connectivity index (χ3v) is 3.02. The van der Waals surface area contributed by atoms with Crippen LogP contribution in [0.3, 0.4) is 0 Å². The normalized spacial score (nSPS) is 10.1. The van der Waals surface area contributed by atoms with Crippen molar-refractivity contribution in [2.75, 3.05) is 0 Å². The molecule has 0 saturated heterocycles. The first-order valence-corrected chi connectivity index (χ1v) is 5.86. The minimum Gasteiger partial charge on any atom is -0.298 e. The Kier molecular flexibility index (Phi) is 3.52. The first-order chi connectivity index (χ1) is 7.79. The maximum atomic E-state index is 10.9. The summed E-state index contributed by atoms with van der Waals surface area (Å²) >= 11 is 3.40. The van der Waals surface area contributed by atoms with Crippen molar-refractivity contribution >= 4 is 22.2 Å². The Morgan fingerprint density at radius 2 is 1.69 bits per heavy atom. The van der Waals surface area contributed by atoms with E-state index in [0.29, 0.717) is 0 Å². The van der Waals surface area contributed by atoms with Crippen LogP contribution in [0.15, 0.2) is 53.0 Å². The molecule has 2 aromatic carbocycles. The lowest BCUT2D eigenvalue weighted by Crippen LogP contribution is -1.93. The molecule has 80 valence electrons. The third kappa shape index (κ3) is 2.58. The van der Waals surface area contributed by atoms with Gasteiger partial charge in [0.15, 0.2) is 0 Å². The fraction of sp³-hybridized carbons (Fsp3) is 0.0714. The summed E-state index contributed by atoms with van der Waals surface area (Å²) in [6, 6.07) is 15.8. The molecule has 0 spiro atoms. The molecule has 0 aliphatic heterocycles. The Morgan fingerprint density at radius 1 is 1.00 bits per heavy atom. The fourth-order valence-electron chi connectivity index (χ4n) is 1.63. The van der Waals surface area contributed by atoms with E-state index in [0.717, 1.165) is 28.3 Å². The number of hydrogen-bond acceptors (Lipinski definition) is 1. The van der Waals surface area contributed by atoms with Gasteiger partial charge in [0.1, 0.15) is 6.29 Å². The minimum atomic E-state index is 0.769. The molecule has 0 aliphatic carbocycles. The van der Waals surface area contributed by atoms with E-state index in [4.69, 9.17) is 0 Å². The van der Waals surface area contributed by atoms with E-state index in [-0.39, 0.29) is 0 Å². The Labute approximate surface area is 103 Å². The van der Waals surface area contributed by atoms with Crippen molar-refractivity contribution in [3.8, 4) is 0 Å². The Bertz CT molecular complexity index is 488. The Balaban J connectivity index is 2.26. The fourth-order valence-corrected chi connectivity index (χ4v) is 1.90. The van der Waals surface area contributed by atoms with Crippen molar-refractivity contribution in [1.29, 1.82) is 0 Å². The first-order valence-electron chi connectivity index (χ1n) is 5.07. The lowest BCUT2D eigenvalue weighted by molar-refractivity contribution is 0.112. The third-order valence-electron chi connectivity index (χ3n) is 2.49. The van der Waals surface area contributed by atoms with Crippen LogP contribution >= 0.6 is 15.9 Å². The van der Waals surface area contributed by atoms with Gasteiger partial charge in [-0.3, -0.25) is 4.79 Å². The highest BCUT2D eigenvalue weighted by molar-refractivity contribution is 9.10. The van der Waals surface area contributed by atoms with Crippen molar-refractivity contribution in [1.82, 2.24) is 0 Å². The molecule has 0 saturated carbocycles. The number of halogens is 1. The predicted molar refractivity (Wildman–Crippen MR) is 68.8 cm³/mol. The van der Waals surface area contributed by atoms with Crippen LogP contribution in [-0.4, -0.2) is 6.29 Å². The maximum Gasteiger partial charge on any atom is 0.150 e. The van der Waals surface area contributed by atoms with Crippen LogP contribution < -0.4 is 0 Å². The van der Waals surface area contributed by atoms with Gasteiger partial charge in [0.05, 0.1) is 0 Å². The molecule has 0 unspecified atom stereocenters. The Morgan fingerprint density at radius 3 is 2.38 bits per heavy atom. The van der Waals surface area contributed by atoms with Crippen LogP contribution in [0.25, 0.3) is 0 Å². The summed E-state index contributed by atoms with van der Waals surface area (Å²) in [5.41, 5.74) is 3.04. The van der Waals surface area contributed by atoms with E-state index in [1.165, 1.54) is 5.56 Å². The summed E-state index contributed by atoms with van der Waals surface area (Å²) in [6.45, 7) is 0. The molecule has 0 heterocycles. The molecule has 16 heavy (non-hydrogen) atoms. The second-order valence-electron chi connectivity index (χ2n) is 3.62. The quantitative estimate of drug-likeness (QED) is 0.777. The molecule has 2 rings (SSSR count). The van der Waals surface area contributed by atoms with Gasteiger partial charge in [0, 0.05) is 10.0 Å². The van der Waals surface area contributed by atoms with E-state index < -0.39 is 0 Å². The van der Waals surface area contributed by atoms with Crippen LogP contribution in [-0.2, 0) is 6.42 Å². The van der Waals surface area contributed by atoms with Crippen LogP contribution in [0.1, 0.15) is 21.5 Å². The summed E-state index contributed by atoms with van der Waals surface area (Å²) in [4.78, 5) is 10.9. The van der Waals surface area contributed by atoms with Crippen LogP contribution in [0.5, 0.6) is 0 Å². The van der Waals surface area contributed by atoms with E-state index in [1.54, 1.807) is 0 Å². The van der Waals surface area contributed by atoms with Crippen molar-refractivity contribution in [3.63, 3.8) is 0 Å². The molecule has 1 nitrogen and oxygen atoms in total. The lowest BCUT2D eigenvalue weighted by Gasteiger charge is -2.04. The molecule has 0 amide bonds. The van der Waals surface area contributed by atoms with Crippen molar-refractivity contribution in [2.45, 2.75) is 6.42 Å². The predicted octanol–water partition coefficient (Wildman–Crippen LogP) is 3.85. The number of benzene rings is 2. The summed E-state index contributed by atoms with van der Waals surface area (Å²) < 4.78 is 1.07. The molecule has 2 heteroatoms. The van der Waals surface area contributed by atoms with Gasteiger partial charge < -0.3 is 0 Å². The summed E-state index contributed by atoms with van der Waals surface area (Å²) in [7, 11) is 0. The van der Waals surface area contributed by atoms with Crippen LogP contribution in [0.2, 0.25) is 0 Å². The first kappa shape index (κ1) is 11.1. The van der Waals surface area contributed by atoms with Crippen LogP contribution in [0, 0.1) is 0 Å². The van der Waals surface area contributed by atoms with Gasteiger partial charge in [-0.15, -0.1) is 0 Å². The summed E-state index contributed by atoms with van der Waals surface area (Å²) in [6.07, 6.45) is 1.70. The van der Waals surface area contributed by atoms with E-state index in [2.05, 4.69) is 28.1 Å². The molecular weight excluding hydrogens is 264 g/mol. The van der Waals surface area contributed by atoms with Gasteiger partial charge in [-0.25, -0.2) is 0 Å². The highest BCUT2D eigenvalue weighted by Crippen LogP contribution is 2.15. The molecule has 0 aromatic heterocycles. The Hall–Kier alpha value is -1.41. The highest BCUT2D eigenvalue weighted by Gasteiger charge is 2.01. The van der Waals surface area contributed by atoms with Crippen LogP contribution in [0.4, 0.5) is 0 Å². The summed E-state index contributed by atoms with van der Waals surface area (Å²) in [5.74, 6) is 0. The largest absolute Gasteiger partial charge is 0.298 e. The van der Waals surface area contributed by atoms with Gasteiger partial charge in [-0.1, -0.05) is 52.3 Å². The number of rotatable bonds is 3. The second-order valence-corrected chi connectivity index (χ2v) is 4.54. The number of hydrogen-bond donors (Lipinski definition) is 0. The maximum absolute atomic E-state index is 10.9. The molecule has 2 aromatic rings. The molecular formula is C14H11BrO.